The Hall–Kier alpha value is -0.280. The van der Waals surface area contributed by atoms with Gasteiger partial charge in [0.1, 0.15) is 5.60 Å². The van der Waals surface area contributed by atoms with E-state index >= 15 is 0 Å². The predicted molar refractivity (Wildman–Crippen MR) is 56.4 cm³/mol. The summed E-state index contributed by atoms with van der Waals surface area (Å²) in [5, 5.41) is 9.12. The van der Waals surface area contributed by atoms with Gasteiger partial charge >= 0.3 is 5.97 Å². The molecule has 0 aliphatic rings. The molecule has 1 unspecified atom stereocenters. The van der Waals surface area contributed by atoms with E-state index < -0.39 is 11.7 Å². The number of carbonyl (C=O) groups is 1. The van der Waals surface area contributed by atoms with E-state index in [1.54, 1.807) is 0 Å². The third-order valence-electron chi connectivity index (χ3n) is 1.52. The van der Waals surface area contributed by atoms with Gasteiger partial charge in [-0.25, -0.2) is 0 Å². The maximum absolute atomic E-state index is 11.2. The average molecular weight is 223 g/mol. The highest BCUT2D eigenvalue weighted by atomic mass is 35.5. The molecule has 4 heteroatoms. The molecule has 0 aromatic rings. The highest BCUT2D eigenvalue weighted by Crippen LogP contribution is 2.10. The molecule has 0 aliphatic carbocycles. The molecular weight excluding hydrogens is 204 g/mol. The van der Waals surface area contributed by atoms with Gasteiger partial charge < -0.3 is 9.84 Å². The van der Waals surface area contributed by atoms with Gasteiger partial charge in [0, 0.05) is 12.3 Å². The molecule has 0 aromatic heterocycles. The lowest BCUT2D eigenvalue weighted by Gasteiger charge is -2.19. The fraction of sp³-hybridized carbons (Fsp3) is 0.900. The normalized spacial score (nSPS) is 13.8. The molecule has 1 atom stereocenters. The molecule has 0 heterocycles. The van der Waals surface area contributed by atoms with Crippen LogP contribution in [0.25, 0.3) is 0 Å². The van der Waals surface area contributed by atoms with E-state index in [0.717, 1.165) is 0 Å². The second kappa shape index (κ2) is 6.25. The van der Waals surface area contributed by atoms with Crippen LogP contribution in [0.4, 0.5) is 0 Å². The van der Waals surface area contributed by atoms with Gasteiger partial charge in [0.2, 0.25) is 0 Å². The summed E-state index contributed by atoms with van der Waals surface area (Å²) in [5.74, 6) is -0.00631. The number of ether oxygens (including phenoxy) is 1. The lowest BCUT2D eigenvalue weighted by Crippen LogP contribution is -2.23. The molecule has 0 rings (SSSR count). The van der Waals surface area contributed by atoms with Crippen LogP contribution in [0.5, 0.6) is 0 Å². The lowest BCUT2D eigenvalue weighted by atomic mass is 10.1. The molecule has 0 aliphatic heterocycles. The van der Waals surface area contributed by atoms with E-state index in [1.165, 1.54) is 0 Å². The lowest BCUT2D eigenvalue weighted by molar-refractivity contribution is -0.155. The van der Waals surface area contributed by atoms with Crippen LogP contribution in [-0.4, -0.2) is 28.7 Å². The Morgan fingerprint density at radius 3 is 2.50 bits per heavy atom. The second-order valence-electron chi connectivity index (χ2n) is 4.29. The molecule has 14 heavy (non-hydrogen) atoms. The summed E-state index contributed by atoms with van der Waals surface area (Å²) < 4.78 is 5.10. The van der Waals surface area contributed by atoms with Crippen LogP contribution in [0.15, 0.2) is 0 Å². The first-order chi connectivity index (χ1) is 6.35. The molecule has 0 amide bonds. The molecule has 0 aromatic carbocycles. The van der Waals surface area contributed by atoms with Crippen molar-refractivity contribution in [3.05, 3.63) is 0 Å². The van der Waals surface area contributed by atoms with Gasteiger partial charge in [0.25, 0.3) is 0 Å². The molecule has 0 radical (unpaired) electrons. The van der Waals surface area contributed by atoms with Gasteiger partial charge in [0.05, 0.1) is 6.10 Å². The van der Waals surface area contributed by atoms with Gasteiger partial charge in [-0.05, 0) is 33.6 Å². The van der Waals surface area contributed by atoms with E-state index in [2.05, 4.69) is 0 Å². The topological polar surface area (TPSA) is 46.5 Å². The minimum atomic E-state index is -0.515. The first-order valence-corrected chi connectivity index (χ1v) is 5.34. The number of aliphatic hydroxyl groups excluding tert-OH is 1. The zero-order valence-corrected chi connectivity index (χ0v) is 9.80. The average Bonchev–Trinajstić information content (AvgIpc) is 2.00. The fourth-order valence-corrected chi connectivity index (χ4v) is 1.11. The molecule has 3 nitrogen and oxygen atoms in total. The molecule has 1 N–H and O–H groups in total. The van der Waals surface area contributed by atoms with Crippen molar-refractivity contribution in [2.45, 2.75) is 51.7 Å². The van der Waals surface area contributed by atoms with Crippen molar-refractivity contribution in [1.29, 1.82) is 0 Å². The highest BCUT2D eigenvalue weighted by Gasteiger charge is 2.15. The smallest absolute Gasteiger partial charge is 0.306 e. The van der Waals surface area contributed by atoms with Crippen LogP contribution in [-0.2, 0) is 9.53 Å². The number of rotatable bonds is 5. The maximum Gasteiger partial charge on any atom is 0.306 e. The first-order valence-electron chi connectivity index (χ1n) is 4.81. The summed E-state index contributed by atoms with van der Waals surface area (Å²) in [6.07, 6.45) is 0.982. The van der Waals surface area contributed by atoms with E-state index in [0.29, 0.717) is 19.3 Å². The SMILES string of the molecule is CC(C)(C)OC(=O)CCCC(O)CCl. The van der Waals surface area contributed by atoms with Crippen molar-refractivity contribution in [2.24, 2.45) is 0 Å². The van der Waals surface area contributed by atoms with Crippen molar-refractivity contribution >= 4 is 17.6 Å². The Kier molecular flexibility index (Phi) is 6.12. The number of hydrogen-bond acceptors (Lipinski definition) is 3. The summed E-state index contributed by atoms with van der Waals surface area (Å²) >= 11 is 5.41. The second-order valence-corrected chi connectivity index (χ2v) is 4.60. The number of aliphatic hydroxyl groups is 1. The van der Waals surface area contributed by atoms with Gasteiger partial charge in [0.15, 0.2) is 0 Å². The zero-order valence-electron chi connectivity index (χ0n) is 9.05. The number of esters is 1. The van der Waals surface area contributed by atoms with Crippen LogP contribution >= 0.6 is 11.6 Å². The molecule has 0 fully saturated rings. The van der Waals surface area contributed by atoms with Crippen LogP contribution < -0.4 is 0 Å². The largest absolute Gasteiger partial charge is 0.460 e. The van der Waals surface area contributed by atoms with E-state index in [9.17, 15) is 4.79 Å². The Morgan fingerprint density at radius 1 is 1.50 bits per heavy atom. The van der Waals surface area contributed by atoms with E-state index in [1.807, 2.05) is 20.8 Å². The van der Waals surface area contributed by atoms with Crippen LogP contribution in [0.2, 0.25) is 0 Å². The Labute approximate surface area is 90.4 Å². The Balaban J connectivity index is 3.55. The minimum absolute atomic E-state index is 0.217. The maximum atomic E-state index is 11.2. The first kappa shape index (κ1) is 13.7. The van der Waals surface area contributed by atoms with Gasteiger partial charge in [-0.3, -0.25) is 4.79 Å². The fourth-order valence-electron chi connectivity index (χ4n) is 0.952. The molecular formula is C10H19ClO3. The predicted octanol–water partition coefficient (Wildman–Crippen LogP) is 2.10. The van der Waals surface area contributed by atoms with Crippen molar-refractivity contribution in [2.75, 3.05) is 5.88 Å². The Bertz CT molecular complexity index is 175. The third-order valence-corrected chi connectivity index (χ3v) is 1.87. The molecule has 0 spiro atoms. The quantitative estimate of drug-likeness (QED) is 0.573. The molecule has 84 valence electrons. The monoisotopic (exact) mass is 222 g/mol. The number of carbonyl (C=O) groups excluding carboxylic acids is 1. The summed E-state index contributed by atoms with van der Waals surface area (Å²) in [4.78, 5) is 11.2. The highest BCUT2D eigenvalue weighted by molar-refractivity contribution is 6.18. The van der Waals surface area contributed by atoms with Crippen LogP contribution in [0, 0.1) is 0 Å². The van der Waals surface area contributed by atoms with Crippen molar-refractivity contribution < 1.29 is 14.6 Å². The van der Waals surface area contributed by atoms with Crippen molar-refractivity contribution in [3.8, 4) is 0 Å². The van der Waals surface area contributed by atoms with Crippen molar-refractivity contribution in [1.82, 2.24) is 0 Å². The Morgan fingerprint density at radius 2 is 2.07 bits per heavy atom. The van der Waals surface area contributed by atoms with Gasteiger partial charge in [-0.1, -0.05) is 0 Å². The van der Waals surface area contributed by atoms with Gasteiger partial charge in [-0.15, -0.1) is 11.6 Å². The third kappa shape index (κ3) is 8.32. The minimum Gasteiger partial charge on any atom is -0.460 e. The number of hydrogen-bond donors (Lipinski definition) is 1. The molecule has 0 saturated carbocycles. The summed E-state index contributed by atoms with van der Waals surface area (Å²) in [7, 11) is 0. The molecule has 0 saturated heterocycles. The van der Waals surface area contributed by atoms with Crippen molar-refractivity contribution in [3.63, 3.8) is 0 Å². The number of halogens is 1. The molecule has 0 bridgehead atoms. The van der Waals surface area contributed by atoms with Gasteiger partial charge in [-0.2, -0.15) is 0 Å². The standard InChI is InChI=1S/C10H19ClO3/c1-10(2,3)14-9(13)6-4-5-8(12)7-11/h8,12H,4-7H2,1-3H3. The van der Waals surface area contributed by atoms with Crippen LogP contribution in [0.3, 0.4) is 0 Å². The summed E-state index contributed by atoms with van der Waals surface area (Å²) in [5.41, 5.74) is -0.428. The zero-order chi connectivity index (χ0) is 11.2. The summed E-state index contributed by atoms with van der Waals surface area (Å²) in [6.45, 7) is 5.50. The van der Waals surface area contributed by atoms with E-state index in [4.69, 9.17) is 21.4 Å². The van der Waals surface area contributed by atoms with Crippen LogP contribution in [0.1, 0.15) is 40.0 Å². The van der Waals surface area contributed by atoms with E-state index in [-0.39, 0.29) is 11.8 Å². The summed E-state index contributed by atoms with van der Waals surface area (Å²) in [6, 6.07) is 0. The number of alkyl halides is 1.